The van der Waals surface area contributed by atoms with Crippen LogP contribution in [0.3, 0.4) is 0 Å². The minimum absolute atomic E-state index is 0.147. The Labute approximate surface area is 220 Å². The zero-order valence-electron chi connectivity index (χ0n) is 20.9. The normalized spacial score (nSPS) is 18.4. The predicted octanol–water partition coefficient (Wildman–Crippen LogP) is 6.55. The number of hydrogen-bond acceptors (Lipinski definition) is 5. The van der Waals surface area contributed by atoms with E-state index in [1.165, 1.54) is 0 Å². The predicted molar refractivity (Wildman–Crippen MR) is 150 cm³/mol. The number of nitrogens with zero attached hydrogens (tertiary/aromatic N) is 3. The molecular weight excluding hydrogens is 490 g/mol. The number of piperazine rings is 1. The number of carbonyl (C=O) groups excluding carboxylic acids is 1. The van der Waals surface area contributed by atoms with Gasteiger partial charge in [-0.25, -0.2) is 4.98 Å². The number of nitrogens with one attached hydrogen (secondary N) is 2. The molecule has 4 aromatic rings. The zero-order valence-corrected chi connectivity index (χ0v) is 22.5. The molecule has 1 aliphatic rings. The molecule has 1 saturated heterocycles. The number of rotatable bonds is 5. The lowest BCUT2D eigenvalue weighted by atomic mass is 10.0. The number of aryl methyl sites for hydroxylation is 1. The summed E-state index contributed by atoms with van der Waals surface area (Å²) in [6, 6.07) is 16.5. The minimum Gasteiger partial charge on any atom is -0.368 e. The summed E-state index contributed by atoms with van der Waals surface area (Å²) >= 11 is 8.13. The van der Waals surface area contributed by atoms with Crippen molar-refractivity contribution in [3.05, 3.63) is 76.3 Å². The number of aromatic nitrogens is 2. The molecule has 6 nitrogen and oxygen atoms in total. The lowest BCUT2D eigenvalue weighted by Gasteiger charge is -2.43. The number of thiophene rings is 1. The van der Waals surface area contributed by atoms with Gasteiger partial charge in [0.25, 0.3) is 5.91 Å². The average Bonchev–Trinajstić information content (AvgIpc) is 3.55. The second-order valence-corrected chi connectivity index (χ2v) is 10.9. The van der Waals surface area contributed by atoms with Gasteiger partial charge < -0.3 is 15.2 Å². The summed E-state index contributed by atoms with van der Waals surface area (Å²) in [4.78, 5) is 26.9. The molecule has 0 unspecified atom stereocenters. The Morgan fingerprint density at radius 3 is 2.61 bits per heavy atom. The fourth-order valence-electron chi connectivity index (χ4n) is 4.71. The SMILES string of the molecule is Cc1cc(N2C[C@@H](C)N(C)[C@@H](C)C2)ccc1C(=O)Nc1ccc(Cl)c(-c2ncc(-c3cccs3)[nH]2)c1. The Hall–Kier alpha value is -3.13. The molecule has 2 atom stereocenters. The van der Waals surface area contributed by atoms with Gasteiger partial charge in [0.05, 0.1) is 21.8 Å². The van der Waals surface area contributed by atoms with E-state index in [2.05, 4.69) is 58.1 Å². The first-order valence-corrected chi connectivity index (χ1v) is 13.3. The lowest BCUT2D eigenvalue weighted by Crippen LogP contribution is -2.55. The Morgan fingerprint density at radius 2 is 1.92 bits per heavy atom. The largest absolute Gasteiger partial charge is 0.368 e. The van der Waals surface area contributed by atoms with Crippen molar-refractivity contribution in [3.8, 4) is 22.0 Å². The standard InChI is InChI=1S/C28H30ClN5OS/c1-17-12-21(34-15-18(2)33(4)19(3)16-34)8-9-22(17)28(35)31-20-7-10-24(29)23(13-20)27-30-14-25(32-27)26-6-5-11-36-26/h5-14,18-19H,15-16H2,1-4H3,(H,30,32)(H,31,35)/t18-,19+. The van der Waals surface area contributed by atoms with Gasteiger partial charge in [0.15, 0.2) is 0 Å². The number of imidazole rings is 1. The van der Waals surface area contributed by atoms with E-state index >= 15 is 0 Å². The molecule has 2 aromatic heterocycles. The number of amides is 1. The first-order chi connectivity index (χ1) is 17.3. The topological polar surface area (TPSA) is 64.3 Å². The summed E-state index contributed by atoms with van der Waals surface area (Å²) in [5.74, 6) is 0.516. The molecule has 2 aromatic carbocycles. The van der Waals surface area contributed by atoms with E-state index in [0.717, 1.165) is 40.5 Å². The van der Waals surface area contributed by atoms with Crippen LogP contribution in [0, 0.1) is 6.92 Å². The van der Waals surface area contributed by atoms with Crippen LogP contribution in [0.1, 0.15) is 29.8 Å². The second kappa shape index (κ2) is 10.1. The van der Waals surface area contributed by atoms with Crippen molar-refractivity contribution in [2.75, 3.05) is 30.4 Å². The molecule has 1 aliphatic heterocycles. The molecular formula is C28H30ClN5OS. The maximum atomic E-state index is 13.2. The van der Waals surface area contributed by atoms with Crippen LogP contribution in [-0.2, 0) is 0 Å². The van der Waals surface area contributed by atoms with Gasteiger partial charge >= 0.3 is 0 Å². The van der Waals surface area contributed by atoms with Crippen molar-refractivity contribution in [1.29, 1.82) is 0 Å². The number of aromatic amines is 1. The Kier molecular flexibility index (Phi) is 6.88. The van der Waals surface area contributed by atoms with Crippen LogP contribution in [0.2, 0.25) is 5.02 Å². The van der Waals surface area contributed by atoms with Crippen molar-refractivity contribution in [1.82, 2.24) is 14.9 Å². The van der Waals surface area contributed by atoms with E-state index in [9.17, 15) is 4.79 Å². The first kappa shape index (κ1) is 24.6. The van der Waals surface area contributed by atoms with Gasteiger partial charge in [0.1, 0.15) is 5.82 Å². The second-order valence-electron chi connectivity index (χ2n) is 9.54. The summed E-state index contributed by atoms with van der Waals surface area (Å²) < 4.78 is 0. The van der Waals surface area contributed by atoms with Crippen molar-refractivity contribution >= 4 is 40.2 Å². The molecule has 5 rings (SSSR count). The number of hydrogen-bond donors (Lipinski definition) is 2. The van der Waals surface area contributed by atoms with Crippen LogP contribution in [0.25, 0.3) is 22.0 Å². The molecule has 3 heterocycles. The van der Waals surface area contributed by atoms with Crippen LogP contribution < -0.4 is 10.2 Å². The molecule has 0 radical (unpaired) electrons. The van der Waals surface area contributed by atoms with E-state index in [1.807, 2.05) is 42.6 Å². The summed E-state index contributed by atoms with van der Waals surface area (Å²) in [5, 5.41) is 5.63. The highest BCUT2D eigenvalue weighted by molar-refractivity contribution is 7.13. The van der Waals surface area contributed by atoms with Crippen LogP contribution in [-0.4, -0.2) is 53.0 Å². The molecule has 1 amide bonds. The minimum atomic E-state index is -0.147. The number of carbonyl (C=O) groups is 1. The molecule has 0 aliphatic carbocycles. The van der Waals surface area contributed by atoms with Gasteiger partial charge in [-0.2, -0.15) is 0 Å². The number of likely N-dealkylation sites (N-methyl/N-ethyl adjacent to an activating group) is 1. The zero-order chi connectivity index (χ0) is 25.4. The van der Waals surface area contributed by atoms with Gasteiger partial charge in [0, 0.05) is 47.7 Å². The third kappa shape index (κ3) is 4.91. The van der Waals surface area contributed by atoms with Crippen LogP contribution >= 0.6 is 22.9 Å². The van der Waals surface area contributed by atoms with E-state index in [1.54, 1.807) is 23.6 Å². The molecule has 0 spiro atoms. The maximum Gasteiger partial charge on any atom is 0.255 e. The highest BCUT2D eigenvalue weighted by atomic mass is 35.5. The van der Waals surface area contributed by atoms with Gasteiger partial charge in [-0.1, -0.05) is 17.7 Å². The van der Waals surface area contributed by atoms with Gasteiger partial charge in [-0.3, -0.25) is 9.69 Å². The monoisotopic (exact) mass is 519 g/mol. The summed E-state index contributed by atoms with van der Waals surface area (Å²) in [6.45, 7) is 8.44. The molecule has 2 N–H and O–H groups in total. The van der Waals surface area contributed by atoms with Crippen LogP contribution in [0.15, 0.2) is 60.1 Å². The van der Waals surface area contributed by atoms with E-state index < -0.39 is 0 Å². The molecule has 0 saturated carbocycles. The van der Waals surface area contributed by atoms with Gasteiger partial charge in [-0.05, 0) is 81.2 Å². The van der Waals surface area contributed by atoms with Gasteiger partial charge in [-0.15, -0.1) is 11.3 Å². The highest BCUT2D eigenvalue weighted by Crippen LogP contribution is 2.32. The third-order valence-electron chi connectivity index (χ3n) is 7.02. The first-order valence-electron chi connectivity index (χ1n) is 12.1. The van der Waals surface area contributed by atoms with Crippen LogP contribution in [0.5, 0.6) is 0 Å². The molecule has 1 fully saturated rings. The van der Waals surface area contributed by atoms with E-state index in [4.69, 9.17) is 11.6 Å². The lowest BCUT2D eigenvalue weighted by molar-refractivity contribution is 0.102. The average molecular weight is 520 g/mol. The third-order valence-corrected chi connectivity index (χ3v) is 8.25. The molecule has 36 heavy (non-hydrogen) atoms. The molecule has 8 heteroatoms. The summed E-state index contributed by atoms with van der Waals surface area (Å²) in [7, 11) is 2.18. The van der Waals surface area contributed by atoms with Crippen molar-refractivity contribution in [2.45, 2.75) is 32.9 Å². The number of halogens is 1. The maximum absolute atomic E-state index is 13.2. The summed E-state index contributed by atoms with van der Waals surface area (Å²) in [5.41, 5.74) is 5.10. The van der Waals surface area contributed by atoms with E-state index in [-0.39, 0.29) is 5.91 Å². The molecule has 0 bridgehead atoms. The Balaban J connectivity index is 1.33. The smallest absolute Gasteiger partial charge is 0.255 e. The van der Waals surface area contributed by atoms with Crippen molar-refractivity contribution in [2.24, 2.45) is 0 Å². The fraction of sp³-hybridized carbons (Fsp3) is 0.286. The highest BCUT2D eigenvalue weighted by Gasteiger charge is 2.27. The quantitative estimate of drug-likeness (QED) is 0.314. The Morgan fingerprint density at radius 1 is 1.14 bits per heavy atom. The number of benzene rings is 2. The van der Waals surface area contributed by atoms with Crippen LogP contribution in [0.4, 0.5) is 11.4 Å². The van der Waals surface area contributed by atoms with Crippen molar-refractivity contribution in [3.63, 3.8) is 0 Å². The number of H-pyrrole nitrogens is 1. The van der Waals surface area contributed by atoms with E-state index in [0.29, 0.717) is 34.2 Å². The summed E-state index contributed by atoms with van der Waals surface area (Å²) in [6.07, 6.45) is 1.80. The Bertz CT molecular complexity index is 1370. The van der Waals surface area contributed by atoms with Crippen molar-refractivity contribution < 1.29 is 4.79 Å². The molecule has 186 valence electrons. The van der Waals surface area contributed by atoms with Gasteiger partial charge in [0.2, 0.25) is 0 Å². The fourth-order valence-corrected chi connectivity index (χ4v) is 5.61. The number of anilines is 2.